The molecule has 1 nitrogen and oxygen atoms in total. The summed E-state index contributed by atoms with van der Waals surface area (Å²) >= 11 is 6.13. The molecule has 0 spiro atoms. The van der Waals surface area contributed by atoms with E-state index in [0.717, 1.165) is 24.0 Å². The minimum absolute atomic E-state index is 0.342. The van der Waals surface area contributed by atoms with E-state index in [0.29, 0.717) is 11.3 Å². The molecule has 100 valence electrons. The molecular weight excluding hydrogens is 242 g/mol. The van der Waals surface area contributed by atoms with E-state index in [-0.39, 0.29) is 0 Å². The first kappa shape index (κ1) is 13.9. The van der Waals surface area contributed by atoms with Gasteiger partial charge >= 0.3 is 0 Å². The monoisotopic (exact) mass is 265 g/mol. The highest BCUT2D eigenvalue weighted by molar-refractivity contribution is 6.30. The van der Waals surface area contributed by atoms with E-state index in [9.17, 15) is 0 Å². The SMILES string of the molecule is CCC1CC1(CNCC(C)C)c1cccc(Cl)c1. The zero-order valence-electron chi connectivity index (χ0n) is 11.7. The molecule has 18 heavy (non-hydrogen) atoms. The molecule has 1 aliphatic carbocycles. The van der Waals surface area contributed by atoms with Gasteiger partial charge in [-0.15, -0.1) is 0 Å². The summed E-state index contributed by atoms with van der Waals surface area (Å²) in [7, 11) is 0. The van der Waals surface area contributed by atoms with Crippen LogP contribution in [0.4, 0.5) is 0 Å². The lowest BCUT2D eigenvalue weighted by molar-refractivity contribution is 0.483. The van der Waals surface area contributed by atoms with Crippen molar-refractivity contribution in [1.29, 1.82) is 0 Å². The number of hydrogen-bond acceptors (Lipinski definition) is 1. The van der Waals surface area contributed by atoms with E-state index < -0.39 is 0 Å². The van der Waals surface area contributed by atoms with Crippen LogP contribution in [0.1, 0.15) is 39.2 Å². The number of benzene rings is 1. The lowest BCUT2D eigenvalue weighted by Gasteiger charge is -2.20. The molecule has 1 aromatic carbocycles. The van der Waals surface area contributed by atoms with Crippen molar-refractivity contribution in [1.82, 2.24) is 5.32 Å². The zero-order chi connectivity index (χ0) is 13.2. The molecule has 0 bridgehead atoms. The summed E-state index contributed by atoms with van der Waals surface area (Å²) in [6.45, 7) is 8.98. The van der Waals surface area contributed by atoms with Crippen LogP contribution in [0.25, 0.3) is 0 Å². The quantitative estimate of drug-likeness (QED) is 0.811. The third-order valence-electron chi connectivity index (χ3n) is 4.12. The molecule has 2 unspecified atom stereocenters. The maximum absolute atomic E-state index is 6.13. The topological polar surface area (TPSA) is 12.0 Å². The van der Waals surface area contributed by atoms with Crippen molar-refractivity contribution in [3.63, 3.8) is 0 Å². The van der Waals surface area contributed by atoms with Crippen molar-refractivity contribution in [2.75, 3.05) is 13.1 Å². The van der Waals surface area contributed by atoms with Gasteiger partial charge in [0.2, 0.25) is 0 Å². The second kappa shape index (κ2) is 5.63. The molecule has 0 aliphatic heterocycles. The van der Waals surface area contributed by atoms with Crippen LogP contribution in [0.15, 0.2) is 24.3 Å². The van der Waals surface area contributed by atoms with Gasteiger partial charge in [-0.2, -0.15) is 0 Å². The first-order chi connectivity index (χ1) is 8.58. The van der Waals surface area contributed by atoms with Gasteiger partial charge in [0.15, 0.2) is 0 Å². The Kier molecular flexibility index (Phi) is 4.34. The van der Waals surface area contributed by atoms with E-state index in [1.54, 1.807) is 0 Å². The summed E-state index contributed by atoms with van der Waals surface area (Å²) < 4.78 is 0. The molecule has 0 aromatic heterocycles. The Morgan fingerprint density at radius 1 is 1.44 bits per heavy atom. The first-order valence-electron chi connectivity index (χ1n) is 7.05. The smallest absolute Gasteiger partial charge is 0.0408 e. The minimum atomic E-state index is 0.342. The summed E-state index contributed by atoms with van der Waals surface area (Å²) in [5, 5.41) is 4.49. The number of rotatable bonds is 6. The van der Waals surface area contributed by atoms with Crippen molar-refractivity contribution in [3.05, 3.63) is 34.9 Å². The first-order valence-corrected chi connectivity index (χ1v) is 7.43. The van der Waals surface area contributed by atoms with Crippen LogP contribution in [0, 0.1) is 11.8 Å². The molecule has 0 amide bonds. The second-order valence-electron chi connectivity index (χ2n) is 6.00. The van der Waals surface area contributed by atoms with E-state index in [1.807, 2.05) is 6.07 Å². The average molecular weight is 266 g/mol. The van der Waals surface area contributed by atoms with Crippen LogP contribution in [0.5, 0.6) is 0 Å². The third kappa shape index (κ3) is 2.89. The lowest BCUT2D eigenvalue weighted by Crippen LogP contribution is -2.31. The normalized spacial score (nSPS) is 26.6. The summed E-state index contributed by atoms with van der Waals surface area (Å²) in [6, 6.07) is 8.42. The molecule has 1 N–H and O–H groups in total. The summed E-state index contributed by atoms with van der Waals surface area (Å²) in [6.07, 6.45) is 2.56. The number of hydrogen-bond donors (Lipinski definition) is 1. The standard InChI is InChI=1S/C16H24ClN/c1-4-13-9-16(13,11-18-10-12(2)3)14-6-5-7-15(17)8-14/h5-8,12-13,18H,4,9-11H2,1-3H3. The van der Waals surface area contributed by atoms with Crippen LogP contribution < -0.4 is 5.32 Å². The highest BCUT2D eigenvalue weighted by atomic mass is 35.5. The van der Waals surface area contributed by atoms with E-state index in [4.69, 9.17) is 11.6 Å². The van der Waals surface area contributed by atoms with Gasteiger partial charge in [0, 0.05) is 17.0 Å². The van der Waals surface area contributed by atoms with Crippen LogP contribution in [0.2, 0.25) is 5.02 Å². The molecule has 0 radical (unpaired) electrons. The van der Waals surface area contributed by atoms with Crippen molar-refractivity contribution in [3.8, 4) is 0 Å². The van der Waals surface area contributed by atoms with Gasteiger partial charge in [-0.1, -0.05) is 50.9 Å². The summed E-state index contributed by atoms with van der Waals surface area (Å²) in [5.41, 5.74) is 1.76. The average Bonchev–Trinajstić information content (AvgIpc) is 3.04. The predicted molar refractivity (Wildman–Crippen MR) is 79.2 cm³/mol. The Morgan fingerprint density at radius 2 is 2.22 bits per heavy atom. The number of halogens is 1. The van der Waals surface area contributed by atoms with E-state index >= 15 is 0 Å². The van der Waals surface area contributed by atoms with Gasteiger partial charge in [0.1, 0.15) is 0 Å². The Morgan fingerprint density at radius 3 is 2.78 bits per heavy atom. The van der Waals surface area contributed by atoms with Gasteiger partial charge in [-0.05, 0) is 42.5 Å². The zero-order valence-corrected chi connectivity index (χ0v) is 12.4. The van der Waals surface area contributed by atoms with Gasteiger partial charge in [-0.3, -0.25) is 0 Å². The van der Waals surface area contributed by atoms with Gasteiger partial charge < -0.3 is 5.32 Å². The fraction of sp³-hybridized carbons (Fsp3) is 0.625. The summed E-state index contributed by atoms with van der Waals surface area (Å²) in [5.74, 6) is 1.52. The Hall–Kier alpha value is -0.530. The van der Waals surface area contributed by atoms with Crippen LogP contribution in [-0.4, -0.2) is 13.1 Å². The largest absolute Gasteiger partial charge is 0.316 e. The van der Waals surface area contributed by atoms with E-state index in [1.165, 1.54) is 18.4 Å². The Balaban J connectivity index is 2.08. The molecule has 1 aromatic rings. The lowest BCUT2D eigenvalue weighted by atomic mass is 9.92. The molecule has 0 saturated heterocycles. The maximum Gasteiger partial charge on any atom is 0.0408 e. The van der Waals surface area contributed by atoms with Crippen molar-refractivity contribution in [2.24, 2.45) is 11.8 Å². The van der Waals surface area contributed by atoms with Gasteiger partial charge in [-0.25, -0.2) is 0 Å². The van der Waals surface area contributed by atoms with Gasteiger partial charge in [0.25, 0.3) is 0 Å². The van der Waals surface area contributed by atoms with Crippen molar-refractivity contribution < 1.29 is 0 Å². The molecule has 1 aliphatic rings. The maximum atomic E-state index is 6.13. The molecule has 1 fully saturated rings. The van der Waals surface area contributed by atoms with Crippen LogP contribution >= 0.6 is 11.6 Å². The highest BCUT2D eigenvalue weighted by Crippen LogP contribution is 2.55. The number of nitrogens with one attached hydrogen (secondary N) is 1. The van der Waals surface area contributed by atoms with Crippen molar-refractivity contribution in [2.45, 2.75) is 39.0 Å². The molecule has 1 saturated carbocycles. The van der Waals surface area contributed by atoms with Gasteiger partial charge in [0.05, 0.1) is 0 Å². The molecule has 2 heteroatoms. The van der Waals surface area contributed by atoms with Crippen molar-refractivity contribution >= 4 is 11.6 Å². The fourth-order valence-corrected chi connectivity index (χ4v) is 3.16. The van der Waals surface area contributed by atoms with Crippen LogP contribution in [0.3, 0.4) is 0 Å². The third-order valence-corrected chi connectivity index (χ3v) is 4.35. The minimum Gasteiger partial charge on any atom is -0.316 e. The fourth-order valence-electron chi connectivity index (χ4n) is 2.97. The molecule has 2 atom stereocenters. The molecular formula is C16H24ClN. The second-order valence-corrected chi connectivity index (χ2v) is 6.44. The summed E-state index contributed by atoms with van der Waals surface area (Å²) in [4.78, 5) is 0. The Bertz CT molecular complexity index is 402. The van der Waals surface area contributed by atoms with Crippen LogP contribution in [-0.2, 0) is 5.41 Å². The molecule has 2 rings (SSSR count). The Labute approximate surface area is 116 Å². The predicted octanol–water partition coefficient (Wildman–Crippen LogP) is 4.25. The molecule has 0 heterocycles. The highest BCUT2D eigenvalue weighted by Gasteiger charge is 2.53. The van der Waals surface area contributed by atoms with E-state index in [2.05, 4.69) is 44.3 Å².